The van der Waals surface area contributed by atoms with Gasteiger partial charge in [-0.25, -0.2) is 0 Å². The van der Waals surface area contributed by atoms with Gasteiger partial charge >= 0.3 is 0 Å². The lowest BCUT2D eigenvalue weighted by atomic mass is 9.37. The Balaban J connectivity index is 1.52. The minimum Gasteiger partial charge on any atom is -0.299 e. The van der Waals surface area contributed by atoms with Gasteiger partial charge in [0, 0.05) is 11.8 Å². The molecule has 0 N–H and O–H groups in total. The quantitative estimate of drug-likeness (QED) is 0.370. The predicted molar refractivity (Wildman–Crippen MR) is 125 cm³/mol. The Morgan fingerprint density at radius 1 is 0.833 bits per heavy atom. The monoisotopic (exact) mass is 410 g/mol. The van der Waals surface area contributed by atoms with E-state index in [-0.39, 0.29) is 5.41 Å². The molecule has 0 saturated heterocycles. The third kappa shape index (κ3) is 2.68. The van der Waals surface area contributed by atoms with E-state index in [4.69, 9.17) is 0 Å². The van der Waals surface area contributed by atoms with Crippen molar-refractivity contribution in [1.29, 1.82) is 0 Å². The average molecular weight is 411 g/mol. The van der Waals surface area contributed by atoms with Gasteiger partial charge in [0.2, 0.25) is 0 Å². The van der Waals surface area contributed by atoms with Gasteiger partial charge in [0.25, 0.3) is 0 Å². The molecule has 0 aromatic rings. The summed E-state index contributed by atoms with van der Waals surface area (Å²) in [5.74, 6) is 3.57. The maximum Gasteiger partial charge on any atom is 0.138 e. The maximum atomic E-state index is 12.8. The summed E-state index contributed by atoms with van der Waals surface area (Å²) < 4.78 is 0. The van der Waals surface area contributed by atoms with Crippen molar-refractivity contribution in [3.8, 4) is 0 Å². The molecule has 0 spiro atoms. The maximum absolute atomic E-state index is 12.8. The fraction of sp³-hybridized carbons (Fsp3) is 0.897. The summed E-state index contributed by atoms with van der Waals surface area (Å²) in [6.07, 6.45) is 15.6. The third-order valence-corrected chi connectivity index (χ3v) is 11.9. The molecule has 4 saturated carbocycles. The van der Waals surface area contributed by atoms with Crippen LogP contribution < -0.4 is 0 Å². The van der Waals surface area contributed by atoms with Crippen LogP contribution in [0.15, 0.2) is 11.6 Å². The molecule has 168 valence electrons. The molecule has 0 bridgehead atoms. The highest BCUT2D eigenvalue weighted by Gasteiger charge is 2.64. The summed E-state index contributed by atoms with van der Waals surface area (Å²) in [6, 6.07) is 0. The molecular formula is C29H46O. The molecule has 5 rings (SSSR count). The van der Waals surface area contributed by atoms with Crippen LogP contribution in [0.5, 0.6) is 0 Å². The van der Waals surface area contributed by atoms with Gasteiger partial charge in [-0.3, -0.25) is 4.79 Å². The zero-order valence-electron chi connectivity index (χ0n) is 20.9. The van der Waals surface area contributed by atoms with Crippen LogP contribution in [-0.2, 0) is 4.79 Å². The molecule has 4 fully saturated rings. The normalized spacial score (nSPS) is 51.7. The van der Waals surface area contributed by atoms with Crippen molar-refractivity contribution < 1.29 is 4.79 Å². The molecule has 1 heteroatoms. The number of hydrogen-bond acceptors (Lipinski definition) is 1. The van der Waals surface area contributed by atoms with E-state index in [9.17, 15) is 4.79 Å². The standard InChI is InChI=1S/C29H46O/c1-25(2)16-17-27(5)13-10-20-19(21(27)18-25)8-9-23-28(20,6)14-11-22-26(3,4)24(30)12-15-29(22,23)7/h10,19,21-23H,8-9,11-18H2,1-7H3. The average Bonchev–Trinajstić information content (AvgIpc) is 2.65. The fourth-order valence-electron chi connectivity index (χ4n) is 10.1. The number of ketones is 1. The number of carbonyl (C=O) groups is 1. The lowest BCUT2D eigenvalue weighted by molar-refractivity contribution is -0.163. The van der Waals surface area contributed by atoms with Crippen LogP contribution in [0.1, 0.15) is 113 Å². The molecular weight excluding hydrogens is 364 g/mol. The fourth-order valence-corrected chi connectivity index (χ4v) is 10.1. The smallest absolute Gasteiger partial charge is 0.138 e. The number of carbonyl (C=O) groups excluding carboxylic acids is 1. The van der Waals surface area contributed by atoms with Crippen LogP contribution in [0.4, 0.5) is 0 Å². The van der Waals surface area contributed by atoms with Crippen molar-refractivity contribution in [3.05, 3.63) is 11.6 Å². The van der Waals surface area contributed by atoms with E-state index in [1.165, 1.54) is 51.4 Å². The summed E-state index contributed by atoms with van der Waals surface area (Å²) in [5, 5.41) is 0. The van der Waals surface area contributed by atoms with E-state index in [2.05, 4.69) is 54.5 Å². The van der Waals surface area contributed by atoms with Crippen molar-refractivity contribution in [2.45, 2.75) is 113 Å². The highest BCUT2D eigenvalue weighted by atomic mass is 16.1. The zero-order valence-corrected chi connectivity index (χ0v) is 20.9. The molecule has 0 aromatic carbocycles. The van der Waals surface area contributed by atoms with Gasteiger partial charge in [0.15, 0.2) is 0 Å². The Kier molecular flexibility index (Phi) is 4.43. The van der Waals surface area contributed by atoms with Crippen LogP contribution in [0.3, 0.4) is 0 Å². The van der Waals surface area contributed by atoms with Crippen molar-refractivity contribution in [1.82, 2.24) is 0 Å². The number of allylic oxidation sites excluding steroid dienone is 2. The van der Waals surface area contributed by atoms with E-state index in [0.717, 1.165) is 30.6 Å². The van der Waals surface area contributed by atoms with Crippen molar-refractivity contribution in [2.75, 3.05) is 0 Å². The van der Waals surface area contributed by atoms with Gasteiger partial charge in [0.05, 0.1) is 0 Å². The molecule has 5 aliphatic carbocycles. The highest BCUT2D eigenvalue weighted by Crippen LogP contribution is 2.71. The Hall–Kier alpha value is -0.590. The van der Waals surface area contributed by atoms with Crippen LogP contribution in [-0.4, -0.2) is 5.78 Å². The van der Waals surface area contributed by atoms with Crippen molar-refractivity contribution in [2.24, 2.45) is 50.7 Å². The number of Topliss-reactive ketones (excluding diaryl/α,β-unsaturated/α-hetero) is 1. The first kappa shape index (κ1) is 21.3. The first-order valence-electron chi connectivity index (χ1n) is 13.1. The summed E-state index contributed by atoms with van der Waals surface area (Å²) in [6.45, 7) is 17.4. The van der Waals surface area contributed by atoms with E-state index >= 15 is 0 Å². The summed E-state index contributed by atoms with van der Waals surface area (Å²) >= 11 is 0. The zero-order chi connectivity index (χ0) is 21.7. The van der Waals surface area contributed by atoms with Crippen LogP contribution >= 0.6 is 0 Å². The summed E-state index contributed by atoms with van der Waals surface area (Å²) in [7, 11) is 0. The second kappa shape index (κ2) is 6.26. The largest absolute Gasteiger partial charge is 0.299 e. The Labute approximate surface area is 185 Å². The van der Waals surface area contributed by atoms with Crippen molar-refractivity contribution >= 4 is 5.78 Å². The molecule has 5 aliphatic rings. The van der Waals surface area contributed by atoms with Gasteiger partial charge in [-0.1, -0.05) is 60.1 Å². The minimum absolute atomic E-state index is 0.127. The number of hydrogen-bond donors (Lipinski definition) is 0. The first-order chi connectivity index (χ1) is 13.8. The van der Waals surface area contributed by atoms with Gasteiger partial charge in [-0.15, -0.1) is 0 Å². The third-order valence-electron chi connectivity index (χ3n) is 11.9. The molecule has 0 radical (unpaired) electrons. The van der Waals surface area contributed by atoms with E-state index in [1.807, 2.05) is 5.57 Å². The second-order valence-corrected chi connectivity index (χ2v) is 14.4. The van der Waals surface area contributed by atoms with Gasteiger partial charge in [-0.2, -0.15) is 0 Å². The molecule has 7 unspecified atom stereocenters. The predicted octanol–water partition coefficient (Wildman–Crippen LogP) is 7.99. The number of fused-ring (bicyclic) bond motifs is 7. The minimum atomic E-state index is -0.127. The Morgan fingerprint density at radius 3 is 2.30 bits per heavy atom. The Bertz CT molecular complexity index is 786. The molecule has 0 aliphatic heterocycles. The SMILES string of the molecule is CC1(C)CCC2(C)CC=C3C(CCC4C3(C)CCC3C(C)(C)C(=O)CCC34C)C2C1. The summed E-state index contributed by atoms with van der Waals surface area (Å²) in [4.78, 5) is 12.8. The van der Waals surface area contributed by atoms with Crippen molar-refractivity contribution in [3.63, 3.8) is 0 Å². The van der Waals surface area contributed by atoms with Gasteiger partial charge in [0.1, 0.15) is 5.78 Å². The lowest BCUT2D eigenvalue weighted by Gasteiger charge is -2.67. The van der Waals surface area contributed by atoms with Gasteiger partial charge in [-0.05, 0) is 103 Å². The summed E-state index contributed by atoms with van der Waals surface area (Å²) in [5.41, 5.74) is 3.50. The molecule has 1 nitrogen and oxygen atoms in total. The second-order valence-electron chi connectivity index (χ2n) is 14.4. The Morgan fingerprint density at radius 2 is 1.57 bits per heavy atom. The topological polar surface area (TPSA) is 17.1 Å². The van der Waals surface area contributed by atoms with Crippen LogP contribution in [0, 0.1) is 50.7 Å². The van der Waals surface area contributed by atoms with Crippen LogP contribution in [0.2, 0.25) is 0 Å². The van der Waals surface area contributed by atoms with Gasteiger partial charge < -0.3 is 0 Å². The molecule has 0 amide bonds. The molecule has 0 aromatic heterocycles. The molecule has 7 atom stereocenters. The number of rotatable bonds is 0. The van der Waals surface area contributed by atoms with E-state index in [0.29, 0.717) is 33.4 Å². The highest BCUT2D eigenvalue weighted by molar-refractivity contribution is 5.85. The lowest BCUT2D eigenvalue weighted by Crippen LogP contribution is -2.60. The van der Waals surface area contributed by atoms with E-state index < -0.39 is 0 Å². The molecule has 30 heavy (non-hydrogen) atoms. The molecule has 0 heterocycles. The first-order valence-corrected chi connectivity index (χ1v) is 13.1. The van der Waals surface area contributed by atoms with Crippen LogP contribution in [0.25, 0.3) is 0 Å². The van der Waals surface area contributed by atoms with E-state index in [1.54, 1.807) is 0 Å².